The molecule has 0 radical (unpaired) electrons. The van der Waals surface area contributed by atoms with Gasteiger partial charge in [0.25, 0.3) is 5.56 Å². The Morgan fingerprint density at radius 1 is 1.19 bits per heavy atom. The average molecular weight is 429 g/mol. The molecule has 4 N–H and O–H groups in total. The van der Waals surface area contributed by atoms with E-state index in [4.69, 9.17) is 11.1 Å². The van der Waals surface area contributed by atoms with Crippen LogP contribution in [0.2, 0.25) is 0 Å². The molecule has 0 bridgehead atoms. The first-order chi connectivity index (χ1) is 15.4. The van der Waals surface area contributed by atoms with Crippen molar-refractivity contribution in [2.24, 2.45) is 15.7 Å². The van der Waals surface area contributed by atoms with Crippen LogP contribution in [0.3, 0.4) is 0 Å². The zero-order chi connectivity index (χ0) is 23.3. The molecule has 0 saturated carbocycles. The highest BCUT2D eigenvalue weighted by Gasteiger charge is 2.15. The summed E-state index contributed by atoms with van der Waals surface area (Å²) in [5.74, 6) is 0.431. The molecule has 0 aliphatic rings. The molecular weight excluding hydrogens is 400 g/mol. The monoisotopic (exact) mass is 428 g/mol. The van der Waals surface area contributed by atoms with E-state index in [0.717, 1.165) is 27.9 Å². The lowest BCUT2D eigenvalue weighted by atomic mass is 10.1. The number of aryl methyl sites for hydroxylation is 2. The number of rotatable bonds is 8. The van der Waals surface area contributed by atoms with Gasteiger partial charge in [-0.1, -0.05) is 36.4 Å². The first kappa shape index (κ1) is 22.8. The number of benzene rings is 2. The fraction of sp³-hybridized carbons (Fsp3) is 0.200. The Labute approximate surface area is 187 Å². The van der Waals surface area contributed by atoms with Gasteiger partial charge in [0.05, 0.1) is 17.6 Å². The Bertz CT molecular complexity index is 1300. The number of hydrogen-bond donors (Lipinski definition) is 3. The van der Waals surface area contributed by atoms with Crippen LogP contribution >= 0.6 is 0 Å². The number of fused-ring (bicyclic) bond motifs is 1. The standard InChI is InChI=1S/C25H28N6O/c1-16-8-5-6-11-22(16)31-20(12-19-10-7-9-17(2)23(19)25(31)32)14-29-24(30-15-28-4)21(13-26)18(3)27/h5-12,15,27,29H,4,13-14,26H2,1-3H3/b24-21+,27-18?,30-15-. The van der Waals surface area contributed by atoms with Crippen LogP contribution in [0.25, 0.3) is 16.5 Å². The van der Waals surface area contributed by atoms with Gasteiger partial charge in [0.2, 0.25) is 0 Å². The minimum absolute atomic E-state index is 0.0734. The predicted molar refractivity (Wildman–Crippen MR) is 133 cm³/mol. The molecule has 164 valence electrons. The Morgan fingerprint density at radius 3 is 2.56 bits per heavy atom. The highest BCUT2D eigenvalue weighted by molar-refractivity contribution is 5.96. The van der Waals surface area contributed by atoms with Crippen molar-refractivity contribution in [2.75, 3.05) is 6.54 Å². The molecule has 3 rings (SSSR count). The van der Waals surface area contributed by atoms with Gasteiger partial charge in [-0.2, -0.15) is 0 Å². The first-order valence-electron chi connectivity index (χ1n) is 10.3. The van der Waals surface area contributed by atoms with Crippen LogP contribution in [-0.2, 0) is 6.54 Å². The molecule has 1 aromatic heterocycles. The summed E-state index contributed by atoms with van der Waals surface area (Å²) >= 11 is 0. The lowest BCUT2D eigenvalue weighted by Gasteiger charge is -2.19. The Balaban J connectivity index is 2.21. The van der Waals surface area contributed by atoms with Crippen LogP contribution in [0.5, 0.6) is 0 Å². The molecule has 7 heteroatoms. The third kappa shape index (κ3) is 4.58. The zero-order valence-electron chi connectivity index (χ0n) is 18.6. The molecule has 0 aliphatic heterocycles. The second-order valence-electron chi connectivity index (χ2n) is 7.54. The Hall–Kier alpha value is -3.84. The van der Waals surface area contributed by atoms with Crippen LogP contribution in [0, 0.1) is 19.3 Å². The van der Waals surface area contributed by atoms with Crippen LogP contribution in [-0.4, -0.2) is 29.9 Å². The van der Waals surface area contributed by atoms with Crippen molar-refractivity contribution in [3.05, 3.63) is 87.1 Å². The molecule has 0 spiro atoms. The number of pyridine rings is 1. The van der Waals surface area contributed by atoms with Crippen molar-refractivity contribution in [1.29, 1.82) is 5.41 Å². The van der Waals surface area contributed by atoms with Gasteiger partial charge in [-0.15, -0.1) is 0 Å². The summed E-state index contributed by atoms with van der Waals surface area (Å²) < 4.78 is 1.74. The molecule has 0 amide bonds. The van der Waals surface area contributed by atoms with E-state index in [9.17, 15) is 4.79 Å². The second kappa shape index (κ2) is 9.98. The van der Waals surface area contributed by atoms with Crippen molar-refractivity contribution >= 4 is 29.5 Å². The summed E-state index contributed by atoms with van der Waals surface area (Å²) in [4.78, 5) is 21.6. The molecule has 0 saturated heterocycles. The largest absolute Gasteiger partial charge is 0.364 e. The minimum atomic E-state index is -0.0734. The Kier molecular flexibility index (Phi) is 7.12. The van der Waals surface area contributed by atoms with Crippen LogP contribution in [0.1, 0.15) is 23.7 Å². The number of hydrogen-bond acceptors (Lipinski definition) is 5. The Morgan fingerprint density at radius 2 is 1.91 bits per heavy atom. The third-order valence-corrected chi connectivity index (χ3v) is 5.34. The van der Waals surface area contributed by atoms with Gasteiger partial charge in [-0.25, -0.2) is 4.99 Å². The molecule has 0 fully saturated rings. The number of nitrogens with one attached hydrogen (secondary N) is 2. The molecule has 32 heavy (non-hydrogen) atoms. The lowest BCUT2D eigenvalue weighted by Crippen LogP contribution is -2.27. The molecule has 2 aromatic carbocycles. The van der Waals surface area contributed by atoms with Gasteiger partial charge in [0, 0.05) is 23.5 Å². The van der Waals surface area contributed by atoms with E-state index in [1.165, 1.54) is 6.34 Å². The minimum Gasteiger partial charge on any atom is -0.364 e. The average Bonchev–Trinajstić information content (AvgIpc) is 2.76. The number of para-hydroxylation sites is 1. The molecule has 1 heterocycles. The molecule has 7 nitrogen and oxygen atoms in total. The van der Waals surface area contributed by atoms with Crippen LogP contribution < -0.4 is 16.6 Å². The van der Waals surface area contributed by atoms with Gasteiger partial charge in [-0.3, -0.25) is 14.4 Å². The fourth-order valence-corrected chi connectivity index (χ4v) is 3.73. The molecule has 3 aromatic rings. The zero-order valence-corrected chi connectivity index (χ0v) is 18.6. The highest BCUT2D eigenvalue weighted by atomic mass is 16.1. The van der Waals surface area contributed by atoms with Gasteiger partial charge < -0.3 is 16.5 Å². The molecule has 0 atom stereocenters. The number of aliphatic imine (C=N–C) groups is 2. The van der Waals surface area contributed by atoms with Gasteiger partial charge in [0.15, 0.2) is 0 Å². The van der Waals surface area contributed by atoms with E-state index >= 15 is 0 Å². The quantitative estimate of drug-likeness (QED) is 0.376. The normalized spacial score (nSPS) is 12.1. The van der Waals surface area contributed by atoms with Gasteiger partial charge >= 0.3 is 0 Å². The van der Waals surface area contributed by atoms with Crippen molar-refractivity contribution < 1.29 is 0 Å². The van der Waals surface area contributed by atoms with Crippen molar-refractivity contribution in [1.82, 2.24) is 9.88 Å². The van der Waals surface area contributed by atoms with Crippen molar-refractivity contribution in [2.45, 2.75) is 27.3 Å². The number of nitrogens with zero attached hydrogens (tertiary/aromatic N) is 3. The van der Waals surface area contributed by atoms with Crippen LogP contribution in [0.15, 0.2) is 74.7 Å². The topological polar surface area (TPSA) is 109 Å². The maximum Gasteiger partial charge on any atom is 0.263 e. The van der Waals surface area contributed by atoms with E-state index < -0.39 is 0 Å². The summed E-state index contributed by atoms with van der Waals surface area (Å²) in [6.07, 6.45) is 1.30. The number of aromatic nitrogens is 1. The third-order valence-electron chi connectivity index (χ3n) is 5.34. The molecule has 0 aliphatic carbocycles. The molecular formula is C25H28N6O. The van der Waals surface area contributed by atoms with E-state index in [0.29, 0.717) is 29.0 Å². The van der Waals surface area contributed by atoms with Crippen molar-refractivity contribution in [3.63, 3.8) is 0 Å². The highest BCUT2D eigenvalue weighted by Crippen LogP contribution is 2.21. The lowest BCUT2D eigenvalue weighted by molar-refractivity contribution is 0.736. The van der Waals surface area contributed by atoms with Crippen LogP contribution in [0.4, 0.5) is 0 Å². The van der Waals surface area contributed by atoms with Gasteiger partial charge in [-0.05, 0) is 56.1 Å². The smallest absolute Gasteiger partial charge is 0.263 e. The van der Waals surface area contributed by atoms with Crippen molar-refractivity contribution in [3.8, 4) is 5.69 Å². The van der Waals surface area contributed by atoms with E-state index in [2.05, 4.69) is 22.0 Å². The maximum atomic E-state index is 13.7. The second-order valence-corrected chi connectivity index (χ2v) is 7.54. The van der Waals surface area contributed by atoms with E-state index in [1.807, 2.05) is 62.4 Å². The summed E-state index contributed by atoms with van der Waals surface area (Å²) in [6.45, 7) is 9.45. The summed E-state index contributed by atoms with van der Waals surface area (Å²) in [7, 11) is 0. The molecule has 0 unspecified atom stereocenters. The number of nitrogens with two attached hydrogens (primary N) is 1. The summed E-state index contributed by atoms with van der Waals surface area (Å²) in [5.41, 5.74) is 10.2. The SMILES string of the molecule is C=N/C=N\C(NCc1cc2cccc(C)c2c(=O)n1-c1ccccc1C)=C(/CN)C(C)=N. The van der Waals surface area contributed by atoms with Gasteiger partial charge in [0.1, 0.15) is 12.2 Å². The summed E-state index contributed by atoms with van der Waals surface area (Å²) in [5, 5.41) is 12.8. The first-order valence-corrected chi connectivity index (χ1v) is 10.3. The maximum absolute atomic E-state index is 13.7. The fourth-order valence-electron chi connectivity index (χ4n) is 3.73. The summed E-state index contributed by atoms with van der Waals surface area (Å²) in [6, 6.07) is 15.6. The van der Waals surface area contributed by atoms with E-state index in [1.54, 1.807) is 11.5 Å². The predicted octanol–water partition coefficient (Wildman–Crippen LogP) is 3.64. The van der Waals surface area contributed by atoms with E-state index in [-0.39, 0.29) is 12.1 Å².